The molecule has 2 aliphatic heterocycles. The third-order valence-electron chi connectivity index (χ3n) is 4.69. The first kappa shape index (κ1) is 14.6. The van der Waals surface area contributed by atoms with Crippen molar-refractivity contribution in [2.24, 2.45) is 0 Å². The van der Waals surface area contributed by atoms with Crippen molar-refractivity contribution in [1.29, 1.82) is 0 Å². The maximum absolute atomic E-state index is 12.4. The predicted octanol–water partition coefficient (Wildman–Crippen LogP) is 2.46. The molecule has 0 unspecified atom stereocenters. The lowest BCUT2D eigenvalue weighted by Crippen LogP contribution is -2.39. The molecule has 2 saturated heterocycles. The topological polar surface area (TPSA) is 58.2 Å². The first-order valence-corrected chi connectivity index (χ1v) is 8.21. The fourth-order valence-corrected chi connectivity index (χ4v) is 3.43. The zero-order valence-corrected chi connectivity index (χ0v) is 12.6. The van der Waals surface area contributed by atoms with Gasteiger partial charge in [-0.2, -0.15) is 5.10 Å². The first-order valence-electron chi connectivity index (χ1n) is 8.21. The molecular weight excluding hydrogens is 266 g/mol. The van der Waals surface area contributed by atoms with Crippen molar-refractivity contribution in [3.8, 4) is 0 Å². The number of hydrogen-bond acceptors (Lipinski definition) is 3. The molecule has 5 heteroatoms. The second-order valence-electron chi connectivity index (χ2n) is 6.22. The fourth-order valence-electron chi connectivity index (χ4n) is 3.43. The molecule has 0 radical (unpaired) electrons. The molecule has 3 rings (SSSR count). The molecule has 5 nitrogen and oxygen atoms in total. The van der Waals surface area contributed by atoms with Gasteiger partial charge in [0.25, 0.3) is 0 Å². The Bertz CT molecular complexity index is 440. The van der Waals surface area contributed by atoms with Crippen molar-refractivity contribution < 1.29 is 9.53 Å². The average Bonchev–Trinajstić information content (AvgIpc) is 3.08. The van der Waals surface area contributed by atoms with Crippen LogP contribution < -0.4 is 0 Å². The quantitative estimate of drug-likeness (QED) is 0.927. The molecule has 2 aliphatic rings. The van der Waals surface area contributed by atoms with Gasteiger partial charge in [-0.25, -0.2) is 0 Å². The summed E-state index contributed by atoms with van der Waals surface area (Å²) in [5.74, 6) is 0.699. The van der Waals surface area contributed by atoms with Crippen LogP contribution in [-0.2, 0) is 9.53 Å². The molecule has 1 aromatic heterocycles. The van der Waals surface area contributed by atoms with Gasteiger partial charge in [0, 0.05) is 43.9 Å². The van der Waals surface area contributed by atoms with Gasteiger partial charge in [-0.1, -0.05) is 0 Å². The third-order valence-corrected chi connectivity index (χ3v) is 4.69. The number of rotatable bonds is 4. The van der Waals surface area contributed by atoms with Crippen molar-refractivity contribution >= 4 is 5.91 Å². The zero-order valence-electron chi connectivity index (χ0n) is 12.6. The molecule has 0 bridgehead atoms. The minimum absolute atomic E-state index is 0.286. The number of hydrogen-bond donors (Lipinski definition) is 1. The number of carbonyl (C=O) groups is 1. The Labute approximate surface area is 126 Å². The molecule has 0 aromatic carbocycles. The van der Waals surface area contributed by atoms with Crippen molar-refractivity contribution in [2.75, 3.05) is 19.7 Å². The third kappa shape index (κ3) is 3.84. The summed E-state index contributed by atoms with van der Waals surface area (Å²) in [6, 6.07) is 2.02. The molecule has 21 heavy (non-hydrogen) atoms. The van der Waals surface area contributed by atoms with E-state index in [0.717, 1.165) is 51.1 Å². The van der Waals surface area contributed by atoms with Crippen LogP contribution in [0.15, 0.2) is 12.3 Å². The molecule has 1 N–H and O–H groups in total. The van der Waals surface area contributed by atoms with Crippen LogP contribution in [0.4, 0.5) is 0 Å². The molecule has 0 saturated carbocycles. The van der Waals surface area contributed by atoms with Gasteiger partial charge >= 0.3 is 0 Å². The lowest BCUT2D eigenvalue weighted by atomic mass is 9.94. The summed E-state index contributed by atoms with van der Waals surface area (Å²) < 4.78 is 5.71. The van der Waals surface area contributed by atoms with Crippen LogP contribution in [0.25, 0.3) is 0 Å². The van der Waals surface area contributed by atoms with Gasteiger partial charge in [0.2, 0.25) is 5.91 Å². The molecular formula is C16H25N3O2. The summed E-state index contributed by atoms with van der Waals surface area (Å²) in [6.45, 7) is 2.59. The second kappa shape index (κ2) is 7.07. The van der Waals surface area contributed by atoms with Crippen LogP contribution in [0.3, 0.4) is 0 Å². The van der Waals surface area contributed by atoms with E-state index in [9.17, 15) is 4.79 Å². The van der Waals surface area contributed by atoms with Crippen molar-refractivity contribution in [3.05, 3.63) is 18.0 Å². The predicted molar refractivity (Wildman–Crippen MR) is 80.0 cm³/mol. The van der Waals surface area contributed by atoms with E-state index in [1.54, 1.807) is 6.20 Å². The van der Waals surface area contributed by atoms with Crippen molar-refractivity contribution in [3.63, 3.8) is 0 Å². The molecule has 116 valence electrons. The number of carbonyl (C=O) groups excluding carboxylic acids is 1. The maximum Gasteiger partial charge on any atom is 0.222 e. The molecule has 2 atom stereocenters. The standard InChI is InChI=1S/C16H25N3O2/c20-16(7-6-14-5-1-2-11-21-14)19-10-3-4-13(12-19)15-8-9-17-18-15/h8-9,13-14H,1-7,10-12H2,(H,17,18)/t13-,14+/m0/s1. The second-order valence-corrected chi connectivity index (χ2v) is 6.22. The van der Waals surface area contributed by atoms with Crippen LogP contribution in [0, 0.1) is 0 Å². The number of likely N-dealkylation sites (tertiary alicyclic amines) is 1. The number of aromatic amines is 1. The van der Waals surface area contributed by atoms with Gasteiger partial charge in [0.05, 0.1) is 6.10 Å². The highest BCUT2D eigenvalue weighted by Gasteiger charge is 2.26. The van der Waals surface area contributed by atoms with E-state index < -0.39 is 0 Å². The molecule has 1 aromatic rings. The smallest absolute Gasteiger partial charge is 0.222 e. The van der Waals surface area contributed by atoms with Gasteiger partial charge in [-0.05, 0) is 44.6 Å². The van der Waals surface area contributed by atoms with Crippen LogP contribution >= 0.6 is 0 Å². The van der Waals surface area contributed by atoms with E-state index >= 15 is 0 Å². The van der Waals surface area contributed by atoms with E-state index in [-0.39, 0.29) is 5.91 Å². The van der Waals surface area contributed by atoms with Crippen LogP contribution in [0.2, 0.25) is 0 Å². The van der Waals surface area contributed by atoms with Crippen molar-refractivity contribution in [1.82, 2.24) is 15.1 Å². The zero-order chi connectivity index (χ0) is 14.5. The highest BCUT2D eigenvalue weighted by molar-refractivity contribution is 5.76. The Kier molecular flexibility index (Phi) is 4.91. The van der Waals surface area contributed by atoms with Gasteiger partial charge in [-0.15, -0.1) is 0 Å². The number of H-pyrrole nitrogens is 1. The Morgan fingerprint density at radius 3 is 3.10 bits per heavy atom. The number of nitrogens with one attached hydrogen (secondary N) is 1. The van der Waals surface area contributed by atoms with Crippen molar-refractivity contribution in [2.45, 2.75) is 57.0 Å². The number of aromatic nitrogens is 2. The lowest BCUT2D eigenvalue weighted by molar-refractivity contribution is -0.133. The Morgan fingerprint density at radius 2 is 2.33 bits per heavy atom. The monoisotopic (exact) mass is 291 g/mol. The summed E-state index contributed by atoms with van der Waals surface area (Å²) >= 11 is 0. The SMILES string of the molecule is O=C(CC[C@H]1CCCCO1)N1CCC[C@H](c2ccn[nH]2)C1. The summed E-state index contributed by atoms with van der Waals surface area (Å²) in [6.07, 6.45) is 9.33. The minimum atomic E-state index is 0.286. The minimum Gasteiger partial charge on any atom is -0.378 e. The van der Waals surface area contributed by atoms with Crippen LogP contribution in [-0.4, -0.2) is 46.8 Å². The Morgan fingerprint density at radius 1 is 1.38 bits per heavy atom. The number of ether oxygens (including phenoxy) is 1. The Hall–Kier alpha value is -1.36. The maximum atomic E-state index is 12.4. The molecule has 2 fully saturated rings. The summed E-state index contributed by atoms with van der Waals surface area (Å²) in [5, 5.41) is 7.06. The molecule has 1 amide bonds. The summed E-state index contributed by atoms with van der Waals surface area (Å²) in [7, 11) is 0. The van der Waals surface area contributed by atoms with Gasteiger partial charge in [-0.3, -0.25) is 9.89 Å². The van der Waals surface area contributed by atoms with E-state index in [1.165, 1.54) is 12.8 Å². The molecule has 0 aliphatic carbocycles. The van der Waals surface area contributed by atoms with Crippen LogP contribution in [0.5, 0.6) is 0 Å². The Balaban J connectivity index is 1.47. The average molecular weight is 291 g/mol. The number of nitrogens with zero attached hydrogens (tertiary/aromatic N) is 2. The largest absolute Gasteiger partial charge is 0.378 e. The van der Waals surface area contributed by atoms with Gasteiger partial charge < -0.3 is 9.64 Å². The summed E-state index contributed by atoms with van der Waals surface area (Å²) in [4.78, 5) is 14.4. The molecule has 3 heterocycles. The normalized spacial score (nSPS) is 26.8. The van der Waals surface area contributed by atoms with Crippen LogP contribution in [0.1, 0.15) is 56.6 Å². The summed E-state index contributed by atoms with van der Waals surface area (Å²) in [5.41, 5.74) is 1.16. The fraction of sp³-hybridized carbons (Fsp3) is 0.750. The highest BCUT2D eigenvalue weighted by Crippen LogP contribution is 2.26. The first-order chi connectivity index (χ1) is 10.3. The van der Waals surface area contributed by atoms with E-state index in [4.69, 9.17) is 4.74 Å². The number of piperidine rings is 1. The van der Waals surface area contributed by atoms with E-state index in [1.807, 2.05) is 11.0 Å². The van der Waals surface area contributed by atoms with Gasteiger partial charge in [0.1, 0.15) is 0 Å². The van der Waals surface area contributed by atoms with E-state index in [2.05, 4.69) is 10.2 Å². The highest BCUT2D eigenvalue weighted by atomic mass is 16.5. The van der Waals surface area contributed by atoms with E-state index in [0.29, 0.717) is 18.4 Å². The lowest BCUT2D eigenvalue weighted by Gasteiger charge is -2.33. The van der Waals surface area contributed by atoms with Gasteiger partial charge in [0.15, 0.2) is 0 Å². The number of amides is 1. The molecule has 0 spiro atoms.